The maximum absolute atomic E-state index is 12.3. The summed E-state index contributed by atoms with van der Waals surface area (Å²) in [4.78, 5) is 40.7. The molecule has 1 aromatic heterocycles. The number of nitrogens with one attached hydrogen (secondary N) is 3. The number of nitrogens with zero attached hydrogens (tertiary/aromatic N) is 1. The van der Waals surface area contributed by atoms with E-state index in [1.807, 2.05) is 12.1 Å². The maximum Gasteiger partial charge on any atom is 0.255 e. The third-order valence-electron chi connectivity index (χ3n) is 4.77. The van der Waals surface area contributed by atoms with Crippen molar-refractivity contribution in [2.45, 2.75) is 26.2 Å². The van der Waals surface area contributed by atoms with Crippen molar-refractivity contribution in [1.29, 1.82) is 0 Å². The minimum atomic E-state index is -0.373. The van der Waals surface area contributed by atoms with Crippen LogP contribution in [0.15, 0.2) is 73.1 Å². The van der Waals surface area contributed by atoms with Crippen LogP contribution >= 0.6 is 0 Å². The van der Waals surface area contributed by atoms with Crippen LogP contribution in [0.25, 0.3) is 0 Å². The number of rotatable bonds is 6. The summed E-state index contributed by atoms with van der Waals surface area (Å²) < 4.78 is 0. The van der Waals surface area contributed by atoms with Crippen molar-refractivity contribution in [3.8, 4) is 0 Å². The van der Waals surface area contributed by atoms with E-state index in [0.29, 0.717) is 22.5 Å². The Morgan fingerprint density at radius 3 is 2.00 bits per heavy atom. The van der Waals surface area contributed by atoms with Gasteiger partial charge in [-0.1, -0.05) is 39.0 Å². The molecule has 0 saturated heterocycles. The summed E-state index contributed by atoms with van der Waals surface area (Å²) in [6.45, 7) is 6.14. The van der Waals surface area contributed by atoms with Gasteiger partial charge in [0.1, 0.15) is 0 Å². The Balaban J connectivity index is 1.53. The molecule has 0 aliphatic heterocycles. The highest BCUT2D eigenvalue weighted by Gasteiger charge is 2.15. The van der Waals surface area contributed by atoms with Gasteiger partial charge in [-0.05, 0) is 53.4 Å². The molecule has 0 aliphatic rings. The Morgan fingerprint density at radius 2 is 1.38 bits per heavy atom. The lowest BCUT2D eigenvalue weighted by Crippen LogP contribution is -2.32. The zero-order valence-corrected chi connectivity index (χ0v) is 18.3. The number of aromatic nitrogens is 1. The molecule has 3 rings (SSSR count). The smallest absolute Gasteiger partial charge is 0.255 e. The third kappa shape index (κ3) is 6.25. The van der Waals surface area contributed by atoms with E-state index in [-0.39, 0.29) is 29.7 Å². The average Bonchev–Trinajstić information content (AvgIpc) is 2.78. The molecule has 0 radical (unpaired) electrons. The molecule has 32 heavy (non-hydrogen) atoms. The molecule has 0 spiro atoms. The van der Waals surface area contributed by atoms with Crippen molar-refractivity contribution in [1.82, 2.24) is 10.3 Å². The SMILES string of the molecule is CC(C)(C)c1ccc(C(=O)NCC(=O)Nc2cccc(NC(=O)c3ccncc3)c2)cc1. The normalized spacial score (nSPS) is 10.8. The van der Waals surface area contributed by atoms with Crippen LogP contribution in [0.1, 0.15) is 47.1 Å². The quantitative estimate of drug-likeness (QED) is 0.550. The molecule has 0 saturated carbocycles. The first-order valence-electron chi connectivity index (χ1n) is 10.2. The number of pyridine rings is 1. The number of hydrogen-bond donors (Lipinski definition) is 3. The lowest BCUT2D eigenvalue weighted by molar-refractivity contribution is -0.115. The molecule has 0 bridgehead atoms. The van der Waals surface area contributed by atoms with E-state index >= 15 is 0 Å². The summed E-state index contributed by atoms with van der Waals surface area (Å²) in [6, 6.07) is 17.3. The molecule has 3 aromatic rings. The van der Waals surface area contributed by atoms with Crippen LogP contribution in [0.3, 0.4) is 0 Å². The predicted octanol–water partition coefficient (Wildman–Crippen LogP) is 4.00. The largest absolute Gasteiger partial charge is 0.343 e. The Bertz CT molecular complexity index is 1100. The summed E-state index contributed by atoms with van der Waals surface area (Å²) in [6.07, 6.45) is 3.08. The molecule has 164 valence electrons. The molecule has 2 aromatic carbocycles. The van der Waals surface area contributed by atoms with Gasteiger partial charge in [0.25, 0.3) is 11.8 Å². The van der Waals surface area contributed by atoms with E-state index in [2.05, 4.69) is 41.7 Å². The fourth-order valence-electron chi connectivity index (χ4n) is 2.97. The zero-order chi connectivity index (χ0) is 23.1. The standard InChI is InChI=1S/C25H26N4O3/c1-25(2,3)19-9-7-17(8-10-19)23(31)27-16-22(30)28-20-5-4-6-21(15-20)29-24(32)18-11-13-26-14-12-18/h4-15H,16H2,1-3H3,(H,27,31)(H,28,30)(H,29,32). The minimum Gasteiger partial charge on any atom is -0.343 e. The molecule has 3 N–H and O–H groups in total. The van der Waals surface area contributed by atoms with Crippen molar-refractivity contribution < 1.29 is 14.4 Å². The summed E-state index contributed by atoms with van der Waals surface area (Å²) in [5, 5.41) is 8.11. The van der Waals surface area contributed by atoms with Crippen molar-refractivity contribution in [2.24, 2.45) is 0 Å². The zero-order valence-electron chi connectivity index (χ0n) is 18.3. The van der Waals surface area contributed by atoms with Gasteiger partial charge < -0.3 is 16.0 Å². The third-order valence-corrected chi connectivity index (χ3v) is 4.77. The van der Waals surface area contributed by atoms with Crippen LogP contribution in [-0.2, 0) is 10.2 Å². The van der Waals surface area contributed by atoms with Gasteiger partial charge in [-0.3, -0.25) is 19.4 Å². The summed E-state index contributed by atoms with van der Waals surface area (Å²) in [7, 11) is 0. The topological polar surface area (TPSA) is 100 Å². The van der Waals surface area contributed by atoms with E-state index < -0.39 is 0 Å². The van der Waals surface area contributed by atoms with Crippen LogP contribution in [0, 0.1) is 0 Å². The van der Waals surface area contributed by atoms with Crippen molar-refractivity contribution in [2.75, 3.05) is 17.2 Å². The Morgan fingerprint density at radius 1 is 0.781 bits per heavy atom. The highest BCUT2D eigenvalue weighted by molar-refractivity contribution is 6.04. The van der Waals surface area contributed by atoms with Gasteiger partial charge in [0.2, 0.25) is 5.91 Å². The van der Waals surface area contributed by atoms with E-state index in [0.717, 1.165) is 5.56 Å². The minimum absolute atomic E-state index is 0.00119. The highest BCUT2D eigenvalue weighted by atomic mass is 16.2. The second kappa shape index (κ2) is 9.87. The number of carbonyl (C=O) groups excluding carboxylic acids is 3. The van der Waals surface area contributed by atoms with E-state index in [1.54, 1.807) is 60.9 Å². The summed E-state index contributed by atoms with van der Waals surface area (Å²) in [5.41, 5.74) is 3.14. The van der Waals surface area contributed by atoms with Crippen LogP contribution in [0.2, 0.25) is 0 Å². The first kappa shape index (κ1) is 22.7. The van der Waals surface area contributed by atoms with Crippen molar-refractivity contribution in [3.63, 3.8) is 0 Å². The monoisotopic (exact) mass is 430 g/mol. The molecule has 1 heterocycles. The van der Waals surface area contributed by atoms with Gasteiger partial charge >= 0.3 is 0 Å². The number of amides is 3. The van der Waals surface area contributed by atoms with E-state index in [1.165, 1.54) is 0 Å². The van der Waals surface area contributed by atoms with E-state index in [9.17, 15) is 14.4 Å². The Kier molecular flexibility index (Phi) is 7.00. The van der Waals surface area contributed by atoms with Crippen LogP contribution in [0.5, 0.6) is 0 Å². The number of carbonyl (C=O) groups is 3. The summed E-state index contributed by atoms with van der Waals surface area (Å²) >= 11 is 0. The number of anilines is 2. The van der Waals surface area contributed by atoms with Gasteiger partial charge in [0.05, 0.1) is 6.54 Å². The molecule has 0 aliphatic carbocycles. The molecule has 0 unspecified atom stereocenters. The van der Waals surface area contributed by atoms with Crippen LogP contribution in [-0.4, -0.2) is 29.3 Å². The summed E-state index contributed by atoms with van der Waals surface area (Å²) in [5.74, 6) is -0.970. The van der Waals surface area contributed by atoms with E-state index in [4.69, 9.17) is 0 Å². The second-order valence-electron chi connectivity index (χ2n) is 8.33. The fourth-order valence-corrected chi connectivity index (χ4v) is 2.97. The molecule has 7 heteroatoms. The first-order valence-corrected chi connectivity index (χ1v) is 10.2. The van der Waals surface area contributed by atoms with Crippen molar-refractivity contribution in [3.05, 3.63) is 89.7 Å². The molecular weight excluding hydrogens is 404 g/mol. The van der Waals surface area contributed by atoms with Gasteiger partial charge in [-0.25, -0.2) is 0 Å². The molecule has 3 amide bonds. The predicted molar refractivity (Wildman–Crippen MR) is 125 cm³/mol. The lowest BCUT2D eigenvalue weighted by atomic mass is 9.87. The number of hydrogen-bond acceptors (Lipinski definition) is 4. The number of benzene rings is 2. The lowest BCUT2D eigenvalue weighted by Gasteiger charge is -2.19. The Hall–Kier alpha value is -4.00. The highest BCUT2D eigenvalue weighted by Crippen LogP contribution is 2.22. The Labute approximate surface area is 187 Å². The van der Waals surface area contributed by atoms with Gasteiger partial charge in [0.15, 0.2) is 0 Å². The van der Waals surface area contributed by atoms with Gasteiger partial charge in [-0.2, -0.15) is 0 Å². The van der Waals surface area contributed by atoms with Gasteiger partial charge in [0, 0.05) is 34.9 Å². The van der Waals surface area contributed by atoms with Crippen LogP contribution in [0.4, 0.5) is 11.4 Å². The van der Waals surface area contributed by atoms with Gasteiger partial charge in [-0.15, -0.1) is 0 Å². The second-order valence-corrected chi connectivity index (χ2v) is 8.33. The maximum atomic E-state index is 12.3. The van der Waals surface area contributed by atoms with Crippen molar-refractivity contribution >= 4 is 29.1 Å². The molecule has 0 fully saturated rings. The molecular formula is C25H26N4O3. The fraction of sp³-hybridized carbons (Fsp3) is 0.200. The molecule has 0 atom stereocenters. The average molecular weight is 431 g/mol. The molecule has 7 nitrogen and oxygen atoms in total. The van der Waals surface area contributed by atoms with Crippen LogP contribution < -0.4 is 16.0 Å². The first-order chi connectivity index (χ1) is 15.2.